The molecule has 1 aromatic heterocycles. The third-order valence-electron chi connectivity index (χ3n) is 2.64. The van der Waals surface area contributed by atoms with Crippen molar-refractivity contribution in [3.63, 3.8) is 0 Å². The van der Waals surface area contributed by atoms with Gasteiger partial charge in [-0.3, -0.25) is 9.59 Å². The van der Waals surface area contributed by atoms with Crippen LogP contribution in [0.3, 0.4) is 0 Å². The van der Waals surface area contributed by atoms with E-state index in [0.717, 1.165) is 0 Å². The lowest BCUT2D eigenvalue weighted by Gasteiger charge is -2.31. The minimum Gasteiger partial charge on any atom is -0.481 e. The second kappa shape index (κ2) is 5.53. The SMILES string of the molecule is O=C(O)CC1CN(C(=O)c2occc2Br)CCO1. The van der Waals surface area contributed by atoms with Gasteiger partial charge in [0.05, 0.1) is 29.9 Å². The van der Waals surface area contributed by atoms with Gasteiger partial charge >= 0.3 is 5.97 Å². The van der Waals surface area contributed by atoms with Crippen molar-refractivity contribution in [2.45, 2.75) is 12.5 Å². The summed E-state index contributed by atoms with van der Waals surface area (Å²) in [5.74, 6) is -0.968. The summed E-state index contributed by atoms with van der Waals surface area (Å²) in [6.45, 7) is 1.03. The van der Waals surface area contributed by atoms with Crippen LogP contribution in [0.1, 0.15) is 17.0 Å². The summed E-state index contributed by atoms with van der Waals surface area (Å²) in [5, 5.41) is 8.71. The molecule has 0 bridgehead atoms. The first-order valence-corrected chi connectivity index (χ1v) is 6.23. The first-order valence-electron chi connectivity index (χ1n) is 5.43. The maximum atomic E-state index is 12.1. The topological polar surface area (TPSA) is 80.0 Å². The van der Waals surface area contributed by atoms with E-state index in [4.69, 9.17) is 14.3 Å². The minimum absolute atomic E-state index is 0.108. The van der Waals surface area contributed by atoms with Crippen molar-refractivity contribution in [3.8, 4) is 0 Å². The van der Waals surface area contributed by atoms with E-state index in [-0.39, 0.29) is 24.6 Å². The first-order chi connectivity index (χ1) is 8.58. The van der Waals surface area contributed by atoms with Crippen LogP contribution in [0.4, 0.5) is 0 Å². The zero-order chi connectivity index (χ0) is 13.1. The van der Waals surface area contributed by atoms with Crippen molar-refractivity contribution in [1.82, 2.24) is 4.90 Å². The molecule has 98 valence electrons. The van der Waals surface area contributed by atoms with Gasteiger partial charge in [0.1, 0.15) is 0 Å². The molecule has 7 heteroatoms. The number of rotatable bonds is 3. The highest BCUT2D eigenvalue weighted by atomic mass is 79.9. The van der Waals surface area contributed by atoms with Crippen LogP contribution in [0.15, 0.2) is 21.2 Å². The van der Waals surface area contributed by atoms with Gasteiger partial charge in [-0.2, -0.15) is 0 Å². The summed E-state index contributed by atoms with van der Waals surface area (Å²) in [6.07, 6.45) is 0.851. The summed E-state index contributed by atoms with van der Waals surface area (Å²) >= 11 is 3.22. The summed E-state index contributed by atoms with van der Waals surface area (Å²) in [5.41, 5.74) is 0. The number of hydrogen-bond donors (Lipinski definition) is 1. The maximum absolute atomic E-state index is 12.1. The van der Waals surface area contributed by atoms with Gasteiger partial charge in [-0.1, -0.05) is 0 Å². The van der Waals surface area contributed by atoms with E-state index < -0.39 is 12.1 Å². The van der Waals surface area contributed by atoms with Crippen LogP contribution < -0.4 is 0 Å². The Bertz CT molecular complexity index is 458. The number of furan rings is 1. The Balaban J connectivity index is 2.03. The third-order valence-corrected chi connectivity index (χ3v) is 3.26. The highest BCUT2D eigenvalue weighted by molar-refractivity contribution is 9.10. The number of morpholine rings is 1. The average Bonchev–Trinajstić information content (AvgIpc) is 2.74. The zero-order valence-electron chi connectivity index (χ0n) is 9.47. The number of carboxylic acids is 1. The van der Waals surface area contributed by atoms with Gasteiger partial charge < -0.3 is 19.2 Å². The van der Waals surface area contributed by atoms with Crippen molar-refractivity contribution < 1.29 is 23.8 Å². The summed E-state index contributed by atoms with van der Waals surface area (Å²) < 4.78 is 11.0. The van der Waals surface area contributed by atoms with Gasteiger partial charge in [-0.15, -0.1) is 0 Å². The monoisotopic (exact) mass is 317 g/mol. The van der Waals surface area contributed by atoms with Crippen molar-refractivity contribution in [3.05, 3.63) is 22.6 Å². The second-order valence-corrected chi connectivity index (χ2v) is 4.79. The number of hydrogen-bond acceptors (Lipinski definition) is 4. The molecule has 18 heavy (non-hydrogen) atoms. The predicted octanol–water partition coefficient (Wildman–Crippen LogP) is 1.36. The van der Waals surface area contributed by atoms with E-state index in [1.807, 2.05) is 0 Å². The molecule has 1 unspecified atom stereocenters. The predicted molar refractivity (Wildman–Crippen MR) is 64.3 cm³/mol. The van der Waals surface area contributed by atoms with Gasteiger partial charge in [-0.25, -0.2) is 0 Å². The Morgan fingerprint density at radius 2 is 2.33 bits per heavy atom. The second-order valence-electron chi connectivity index (χ2n) is 3.94. The molecule has 1 atom stereocenters. The van der Waals surface area contributed by atoms with E-state index in [1.54, 1.807) is 11.0 Å². The van der Waals surface area contributed by atoms with Gasteiger partial charge in [0.2, 0.25) is 5.76 Å². The fourth-order valence-electron chi connectivity index (χ4n) is 1.81. The number of carbonyl (C=O) groups excluding carboxylic acids is 1. The van der Waals surface area contributed by atoms with Crippen molar-refractivity contribution in [2.75, 3.05) is 19.7 Å². The molecular weight excluding hydrogens is 306 g/mol. The third kappa shape index (κ3) is 2.91. The van der Waals surface area contributed by atoms with E-state index in [0.29, 0.717) is 17.6 Å². The molecule has 6 nitrogen and oxygen atoms in total. The molecule has 0 spiro atoms. The molecule has 0 aromatic carbocycles. The maximum Gasteiger partial charge on any atom is 0.306 e. The fraction of sp³-hybridized carbons (Fsp3) is 0.455. The largest absolute Gasteiger partial charge is 0.481 e. The molecule has 2 rings (SSSR count). The van der Waals surface area contributed by atoms with Gasteiger partial charge in [0.25, 0.3) is 5.91 Å². The number of carboxylic acid groups (broad SMARTS) is 1. The molecule has 1 amide bonds. The van der Waals surface area contributed by atoms with Crippen molar-refractivity contribution in [2.24, 2.45) is 0 Å². The normalized spacial score (nSPS) is 19.8. The summed E-state index contributed by atoms with van der Waals surface area (Å²) in [6, 6.07) is 1.64. The Hall–Kier alpha value is -1.34. The highest BCUT2D eigenvalue weighted by Crippen LogP contribution is 2.21. The zero-order valence-corrected chi connectivity index (χ0v) is 11.1. The van der Waals surface area contributed by atoms with Crippen LogP contribution in [-0.2, 0) is 9.53 Å². The number of carbonyl (C=O) groups is 2. The number of halogens is 1. The molecule has 1 aliphatic rings. The van der Waals surface area contributed by atoms with Gasteiger partial charge in [0, 0.05) is 13.1 Å². The fourth-order valence-corrected chi connectivity index (χ4v) is 2.18. The average molecular weight is 318 g/mol. The van der Waals surface area contributed by atoms with Gasteiger partial charge in [0.15, 0.2) is 0 Å². The van der Waals surface area contributed by atoms with E-state index >= 15 is 0 Å². The van der Waals surface area contributed by atoms with Crippen molar-refractivity contribution >= 4 is 27.8 Å². The molecule has 0 aliphatic carbocycles. The van der Waals surface area contributed by atoms with Crippen LogP contribution >= 0.6 is 15.9 Å². The minimum atomic E-state index is -0.937. The lowest BCUT2D eigenvalue weighted by Crippen LogP contribution is -2.46. The first kappa shape index (κ1) is 13.1. The molecule has 1 aliphatic heterocycles. The quantitative estimate of drug-likeness (QED) is 0.910. The lowest BCUT2D eigenvalue weighted by molar-refractivity contribution is -0.141. The smallest absolute Gasteiger partial charge is 0.306 e. The molecule has 1 aromatic rings. The lowest BCUT2D eigenvalue weighted by atomic mass is 10.2. The standard InChI is InChI=1S/C11H12BrNO5/c12-8-1-3-18-10(8)11(16)13-2-4-17-7(6-13)5-9(14)15/h1,3,7H,2,4-6H2,(H,14,15). The van der Waals surface area contributed by atoms with Crippen LogP contribution in [-0.4, -0.2) is 47.7 Å². The Kier molecular flexibility index (Phi) is 4.03. The molecule has 1 N–H and O–H groups in total. The summed E-state index contributed by atoms with van der Waals surface area (Å²) in [7, 11) is 0. The number of nitrogens with zero attached hydrogens (tertiary/aromatic N) is 1. The number of aliphatic carboxylic acids is 1. The van der Waals surface area contributed by atoms with Gasteiger partial charge in [-0.05, 0) is 22.0 Å². The van der Waals surface area contributed by atoms with E-state index in [2.05, 4.69) is 15.9 Å². The molecule has 2 heterocycles. The molecular formula is C11H12BrNO5. The number of amides is 1. The Morgan fingerprint density at radius 1 is 1.56 bits per heavy atom. The van der Waals surface area contributed by atoms with Crippen molar-refractivity contribution in [1.29, 1.82) is 0 Å². The molecule has 1 saturated heterocycles. The van der Waals surface area contributed by atoms with E-state index in [9.17, 15) is 9.59 Å². The Labute approximate surface area is 112 Å². The van der Waals surface area contributed by atoms with E-state index in [1.165, 1.54) is 6.26 Å². The molecule has 1 fully saturated rings. The highest BCUT2D eigenvalue weighted by Gasteiger charge is 2.28. The van der Waals surface area contributed by atoms with Crippen LogP contribution in [0.2, 0.25) is 0 Å². The molecule has 0 radical (unpaired) electrons. The van der Waals surface area contributed by atoms with Crippen LogP contribution in [0.25, 0.3) is 0 Å². The van der Waals surface area contributed by atoms with Crippen LogP contribution in [0, 0.1) is 0 Å². The summed E-state index contributed by atoms with van der Waals surface area (Å²) in [4.78, 5) is 24.3. The van der Waals surface area contributed by atoms with Crippen LogP contribution in [0.5, 0.6) is 0 Å². The molecule has 0 saturated carbocycles. The number of ether oxygens (including phenoxy) is 1. The Morgan fingerprint density at radius 3 is 2.94 bits per heavy atom.